The smallest absolute Gasteiger partial charge is 0.259 e. The van der Waals surface area contributed by atoms with Gasteiger partial charge in [0, 0.05) is 28.7 Å². The Labute approximate surface area is 267 Å². The molecule has 8 nitrogen and oxygen atoms in total. The zero-order chi connectivity index (χ0) is 32.9. The van der Waals surface area contributed by atoms with Gasteiger partial charge in [-0.3, -0.25) is 20.1 Å². The van der Waals surface area contributed by atoms with Gasteiger partial charge >= 0.3 is 0 Å². The number of carbonyl (C=O) groups is 1. The van der Waals surface area contributed by atoms with Crippen molar-refractivity contribution in [2.75, 3.05) is 12.4 Å². The molecular formula is C35H46N6O2S. The number of carbonyl (C=O) groups excluding carboxylic acids is 1. The average Bonchev–Trinajstić information content (AvgIpc) is 3.40. The van der Waals surface area contributed by atoms with Crippen LogP contribution in [0.4, 0.5) is 5.13 Å². The van der Waals surface area contributed by atoms with Gasteiger partial charge in [-0.25, -0.2) is 0 Å². The summed E-state index contributed by atoms with van der Waals surface area (Å²) in [5.41, 5.74) is 7.03. The van der Waals surface area contributed by atoms with E-state index in [0.717, 1.165) is 39.5 Å². The second-order valence-corrected chi connectivity index (χ2v) is 12.5. The lowest BCUT2D eigenvalue weighted by Crippen LogP contribution is -2.14. The van der Waals surface area contributed by atoms with E-state index in [1.54, 1.807) is 19.5 Å². The number of ether oxygens (including phenoxy) is 1. The van der Waals surface area contributed by atoms with E-state index in [9.17, 15) is 10.1 Å². The zero-order valence-electron chi connectivity index (χ0n) is 27.8. The summed E-state index contributed by atoms with van der Waals surface area (Å²) in [4.78, 5) is 21.3. The Morgan fingerprint density at radius 1 is 1.05 bits per heavy atom. The highest BCUT2D eigenvalue weighted by Gasteiger charge is 2.20. The second kappa shape index (κ2) is 17.2. The first kappa shape index (κ1) is 36.0. The summed E-state index contributed by atoms with van der Waals surface area (Å²) in [6.45, 7) is 18.1. The minimum atomic E-state index is -0.415. The molecule has 3 rings (SSSR count). The topological polar surface area (TPSA) is 114 Å². The van der Waals surface area contributed by atoms with Crippen LogP contribution < -0.4 is 10.1 Å². The summed E-state index contributed by atoms with van der Waals surface area (Å²) in [6.07, 6.45) is 14.5. The molecule has 1 N–H and O–H groups in total. The molecule has 3 heterocycles. The summed E-state index contributed by atoms with van der Waals surface area (Å²) < 4.78 is 5.42. The van der Waals surface area contributed by atoms with Gasteiger partial charge in [-0.05, 0) is 91.5 Å². The summed E-state index contributed by atoms with van der Waals surface area (Å²) in [5, 5.41) is 21.0. The Hall–Kier alpha value is -4.16. The number of amides is 1. The van der Waals surface area contributed by atoms with Crippen LogP contribution in [0.5, 0.6) is 5.75 Å². The van der Waals surface area contributed by atoms with Gasteiger partial charge in [0.15, 0.2) is 0 Å². The Bertz CT molecular complexity index is 1560. The molecule has 0 fully saturated rings. The molecule has 44 heavy (non-hydrogen) atoms. The minimum Gasteiger partial charge on any atom is -0.494 e. The number of nitriles is 1. The first-order valence-corrected chi connectivity index (χ1v) is 15.7. The first-order chi connectivity index (χ1) is 20.9. The number of nitrogens with zero attached hydrogens (tertiary/aromatic N) is 5. The molecule has 0 aromatic carbocycles. The Morgan fingerprint density at radius 2 is 1.70 bits per heavy atom. The molecule has 1 amide bonds. The lowest BCUT2D eigenvalue weighted by molar-refractivity contribution is 0.102. The van der Waals surface area contributed by atoms with Crippen molar-refractivity contribution in [1.29, 1.82) is 5.26 Å². The number of methoxy groups -OCH3 is 1. The molecule has 0 aliphatic rings. The van der Waals surface area contributed by atoms with Crippen molar-refractivity contribution in [1.82, 2.24) is 20.2 Å². The number of allylic oxidation sites excluding steroid dienone is 6. The largest absolute Gasteiger partial charge is 0.494 e. The Balaban J connectivity index is 0.000000321. The minimum absolute atomic E-state index is 0.296. The molecule has 0 bridgehead atoms. The van der Waals surface area contributed by atoms with Crippen LogP contribution in [0.25, 0.3) is 11.1 Å². The van der Waals surface area contributed by atoms with Gasteiger partial charge in [0.05, 0.1) is 30.4 Å². The van der Waals surface area contributed by atoms with Crippen LogP contribution in [-0.4, -0.2) is 33.2 Å². The standard InChI is InChI=1S/C18H29N.C17H17N5O2S/c1-7-9-10-11-16(15(3)4)12-13-17(8-2)18(5,6)14-19;1-9-5-12(13-6-10(2)19-8-15(13)24-4)14(7-18-9)16(23)20-17-22-21-11(3)25-17/h8,12-13H,7,9-11H2,1-6H3;5-8H,1-4H3,(H,20,22,23)/b13-12-,17-8+;. The fourth-order valence-corrected chi connectivity index (χ4v) is 4.97. The van der Waals surface area contributed by atoms with E-state index in [1.807, 2.05) is 59.8 Å². The number of aryl methyl sites for hydroxylation is 3. The SMILES string of the molecule is C/C=C(\C=C/C(CCCCC)=C(C)C)C(C)(C)C#N.COc1cnc(C)cc1-c1cc(C)ncc1C(=O)Nc1nnc(C)s1. The van der Waals surface area contributed by atoms with E-state index in [1.165, 1.54) is 41.7 Å². The van der Waals surface area contributed by atoms with Crippen molar-refractivity contribution >= 4 is 22.4 Å². The van der Waals surface area contributed by atoms with Crippen LogP contribution >= 0.6 is 11.3 Å². The third-order valence-electron chi connectivity index (χ3n) is 7.01. The fourth-order valence-electron chi connectivity index (χ4n) is 4.38. The van der Waals surface area contributed by atoms with Crippen molar-refractivity contribution in [3.63, 3.8) is 0 Å². The molecule has 0 aliphatic carbocycles. The van der Waals surface area contributed by atoms with Crippen LogP contribution in [0.15, 0.2) is 59.5 Å². The second-order valence-electron chi connectivity index (χ2n) is 11.3. The average molecular weight is 615 g/mol. The number of rotatable bonds is 11. The summed E-state index contributed by atoms with van der Waals surface area (Å²) in [6, 6.07) is 6.11. The van der Waals surface area contributed by atoms with E-state index >= 15 is 0 Å². The number of aromatic nitrogens is 4. The molecule has 0 radical (unpaired) electrons. The maximum absolute atomic E-state index is 12.7. The van der Waals surface area contributed by atoms with E-state index in [2.05, 4.69) is 64.5 Å². The highest BCUT2D eigenvalue weighted by atomic mass is 32.1. The van der Waals surface area contributed by atoms with E-state index in [-0.39, 0.29) is 5.91 Å². The van der Waals surface area contributed by atoms with Crippen LogP contribution in [0.3, 0.4) is 0 Å². The molecular weight excluding hydrogens is 568 g/mol. The summed E-state index contributed by atoms with van der Waals surface area (Å²) >= 11 is 1.32. The van der Waals surface area contributed by atoms with Gasteiger partial charge in [-0.1, -0.05) is 54.9 Å². The van der Waals surface area contributed by atoms with Gasteiger partial charge in [0.25, 0.3) is 5.91 Å². The number of nitrogens with one attached hydrogen (secondary N) is 1. The van der Waals surface area contributed by atoms with Gasteiger partial charge in [0.2, 0.25) is 5.13 Å². The number of hydrogen-bond donors (Lipinski definition) is 1. The number of unbranched alkanes of at least 4 members (excludes halogenated alkanes) is 2. The van der Waals surface area contributed by atoms with Crippen molar-refractivity contribution in [3.8, 4) is 22.9 Å². The number of anilines is 1. The molecule has 0 saturated carbocycles. The lowest BCUT2D eigenvalue weighted by atomic mass is 9.85. The Kier molecular flexibility index (Phi) is 14.1. The molecule has 0 atom stereocenters. The lowest BCUT2D eigenvalue weighted by Gasteiger charge is -2.17. The molecule has 0 spiro atoms. The summed E-state index contributed by atoms with van der Waals surface area (Å²) in [7, 11) is 1.58. The predicted molar refractivity (Wildman–Crippen MR) is 181 cm³/mol. The third-order valence-corrected chi connectivity index (χ3v) is 7.77. The van der Waals surface area contributed by atoms with Crippen LogP contribution in [-0.2, 0) is 0 Å². The van der Waals surface area contributed by atoms with Gasteiger partial charge < -0.3 is 4.74 Å². The zero-order valence-corrected chi connectivity index (χ0v) is 28.6. The van der Waals surface area contributed by atoms with Crippen molar-refractivity contribution in [3.05, 3.63) is 81.4 Å². The maximum atomic E-state index is 12.7. The third kappa shape index (κ3) is 10.5. The number of pyridine rings is 2. The monoisotopic (exact) mass is 614 g/mol. The van der Waals surface area contributed by atoms with Crippen LogP contribution in [0.2, 0.25) is 0 Å². The van der Waals surface area contributed by atoms with E-state index in [0.29, 0.717) is 16.4 Å². The van der Waals surface area contributed by atoms with Gasteiger partial charge in [-0.15, -0.1) is 10.2 Å². The molecule has 0 saturated heterocycles. The highest BCUT2D eigenvalue weighted by Crippen LogP contribution is 2.33. The van der Waals surface area contributed by atoms with Crippen LogP contribution in [0, 0.1) is 37.5 Å². The molecule has 3 aromatic heterocycles. The van der Waals surface area contributed by atoms with Gasteiger partial charge in [-0.2, -0.15) is 5.26 Å². The van der Waals surface area contributed by atoms with Gasteiger partial charge in [0.1, 0.15) is 10.8 Å². The summed E-state index contributed by atoms with van der Waals surface area (Å²) in [5.74, 6) is 0.298. The number of hydrogen-bond acceptors (Lipinski definition) is 8. The van der Waals surface area contributed by atoms with Crippen molar-refractivity contribution < 1.29 is 9.53 Å². The van der Waals surface area contributed by atoms with E-state index in [4.69, 9.17) is 4.74 Å². The normalized spacial score (nSPS) is 11.4. The van der Waals surface area contributed by atoms with Crippen molar-refractivity contribution in [2.45, 2.75) is 88.0 Å². The van der Waals surface area contributed by atoms with E-state index < -0.39 is 5.41 Å². The quantitative estimate of drug-likeness (QED) is 0.169. The highest BCUT2D eigenvalue weighted by molar-refractivity contribution is 7.15. The molecule has 0 aliphatic heterocycles. The molecule has 0 unspecified atom stereocenters. The molecule has 9 heteroatoms. The first-order valence-electron chi connectivity index (χ1n) is 14.9. The predicted octanol–water partition coefficient (Wildman–Crippen LogP) is 9.14. The molecule has 234 valence electrons. The molecule has 3 aromatic rings. The Morgan fingerprint density at radius 3 is 2.25 bits per heavy atom. The maximum Gasteiger partial charge on any atom is 0.259 e. The van der Waals surface area contributed by atoms with Crippen molar-refractivity contribution in [2.24, 2.45) is 5.41 Å². The fraction of sp³-hybridized carbons (Fsp3) is 0.429. The van der Waals surface area contributed by atoms with Crippen LogP contribution in [0.1, 0.15) is 94.0 Å².